The number of aliphatic hydroxyl groups excluding tert-OH is 1. The Kier molecular flexibility index (Phi) is 8.23. The third kappa shape index (κ3) is 6.03. The number of fused-ring (bicyclic) bond motifs is 3. The first-order chi connectivity index (χ1) is 20.8. The number of hydrogen-bond acceptors (Lipinski definition) is 9. The quantitative estimate of drug-likeness (QED) is 0.270. The van der Waals surface area contributed by atoms with Gasteiger partial charge in [0.25, 0.3) is 0 Å². The summed E-state index contributed by atoms with van der Waals surface area (Å²) in [6, 6.07) is 16.2. The summed E-state index contributed by atoms with van der Waals surface area (Å²) in [6.45, 7) is 6.24. The number of thiophene rings is 1. The van der Waals surface area contributed by atoms with Crippen molar-refractivity contribution in [2.45, 2.75) is 77.7 Å². The fourth-order valence-corrected chi connectivity index (χ4v) is 6.86. The van der Waals surface area contributed by atoms with E-state index in [9.17, 15) is 14.7 Å². The van der Waals surface area contributed by atoms with Gasteiger partial charge in [-0.2, -0.15) is 0 Å². The predicted molar refractivity (Wildman–Crippen MR) is 163 cm³/mol. The minimum atomic E-state index is -0.618. The fourth-order valence-electron chi connectivity index (χ4n) is 5.65. The molecule has 1 aliphatic heterocycles. The van der Waals surface area contributed by atoms with Crippen LogP contribution in [0.15, 0.2) is 59.6 Å². The highest BCUT2D eigenvalue weighted by Gasteiger charge is 2.33. The molecule has 6 rings (SSSR count). The molecule has 3 heterocycles. The first kappa shape index (κ1) is 28.9. The number of esters is 2. The SMILES string of the molecule is Cc1sc2c(c1C)C(c1ccc(C(=O)OCc3ccccc3)cc1)=N[C@@H](CC(=O)OC1CCC(O)CC1)c1nnc(C)n1-2. The molecular weight excluding hydrogens is 564 g/mol. The van der Waals surface area contributed by atoms with Gasteiger partial charge in [-0.3, -0.25) is 14.4 Å². The fraction of sp³-hybridized carbons (Fsp3) is 0.364. The molecule has 0 spiro atoms. The van der Waals surface area contributed by atoms with Crippen LogP contribution in [0, 0.1) is 20.8 Å². The number of carbonyl (C=O) groups is 2. The molecule has 1 fully saturated rings. The van der Waals surface area contributed by atoms with Crippen molar-refractivity contribution < 1.29 is 24.2 Å². The van der Waals surface area contributed by atoms with E-state index in [1.807, 2.05) is 54.0 Å². The van der Waals surface area contributed by atoms with Gasteiger partial charge in [-0.1, -0.05) is 42.5 Å². The van der Waals surface area contributed by atoms with E-state index in [0.29, 0.717) is 42.9 Å². The van der Waals surface area contributed by atoms with Gasteiger partial charge in [-0.05, 0) is 69.7 Å². The third-order valence-electron chi connectivity index (χ3n) is 8.15. The minimum Gasteiger partial charge on any atom is -0.462 e. The van der Waals surface area contributed by atoms with Crippen molar-refractivity contribution in [2.24, 2.45) is 4.99 Å². The zero-order chi connectivity index (χ0) is 30.1. The van der Waals surface area contributed by atoms with Gasteiger partial charge in [-0.15, -0.1) is 21.5 Å². The molecule has 10 heteroatoms. The van der Waals surface area contributed by atoms with Crippen LogP contribution in [0.5, 0.6) is 0 Å². The van der Waals surface area contributed by atoms with E-state index < -0.39 is 12.0 Å². The molecular formula is C33H34N4O5S. The number of rotatable bonds is 7. The lowest BCUT2D eigenvalue weighted by molar-refractivity contribution is -0.152. The molecule has 222 valence electrons. The van der Waals surface area contributed by atoms with E-state index in [1.54, 1.807) is 23.5 Å². The third-order valence-corrected chi connectivity index (χ3v) is 9.34. The number of nitrogens with zero attached hydrogens (tertiary/aromatic N) is 4. The number of benzene rings is 2. The van der Waals surface area contributed by atoms with E-state index in [0.717, 1.165) is 37.8 Å². The maximum Gasteiger partial charge on any atom is 0.338 e. The lowest BCUT2D eigenvalue weighted by atomic mass is 9.95. The highest BCUT2D eigenvalue weighted by Crippen LogP contribution is 2.39. The maximum atomic E-state index is 13.2. The molecule has 1 aliphatic carbocycles. The summed E-state index contributed by atoms with van der Waals surface area (Å²) in [4.78, 5) is 32.3. The van der Waals surface area contributed by atoms with Crippen LogP contribution in [0.2, 0.25) is 0 Å². The average Bonchev–Trinajstić information content (AvgIpc) is 3.49. The largest absolute Gasteiger partial charge is 0.462 e. The van der Waals surface area contributed by atoms with Gasteiger partial charge in [0.1, 0.15) is 29.6 Å². The summed E-state index contributed by atoms with van der Waals surface area (Å²) >= 11 is 1.64. The van der Waals surface area contributed by atoms with Gasteiger partial charge in [0.15, 0.2) is 5.82 Å². The Hall–Kier alpha value is -4.15. The van der Waals surface area contributed by atoms with E-state index in [4.69, 9.17) is 14.5 Å². The summed E-state index contributed by atoms with van der Waals surface area (Å²) < 4.78 is 13.3. The number of ether oxygens (including phenoxy) is 2. The molecule has 0 unspecified atom stereocenters. The lowest BCUT2D eigenvalue weighted by Gasteiger charge is -2.25. The van der Waals surface area contributed by atoms with Crippen LogP contribution >= 0.6 is 11.3 Å². The Balaban J connectivity index is 1.31. The molecule has 1 atom stereocenters. The normalized spacial score (nSPS) is 19.5. The summed E-state index contributed by atoms with van der Waals surface area (Å²) in [7, 11) is 0. The molecule has 1 N–H and O–H groups in total. The van der Waals surface area contributed by atoms with Gasteiger partial charge < -0.3 is 14.6 Å². The van der Waals surface area contributed by atoms with Crippen molar-refractivity contribution >= 4 is 29.0 Å². The van der Waals surface area contributed by atoms with Crippen LogP contribution in [0.4, 0.5) is 0 Å². The van der Waals surface area contributed by atoms with Crippen LogP contribution in [-0.4, -0.2) is 49.7 Å². The van der Waals surface area contributed by atoms with E-state index >= 15 is 0 Å². The molecule has 0 saturated heterocycles. The maximum absolute atomic E-state index is 13.2. The molecule has 43 heavy (non-hydrogen) atoms. The zero-order valence-corrected chi connectivity index (χ0v) is 25.3. The van der Waals surface area contributed by atoms with E-state index in [1.165, 1.54) is 0 Å². The van der Waals surface area contributed by atoms with Gasteiger partial charge in [0.2, 0.25) is 0 Å². The average molecular weight is 599 g/mol. The molecule has 9 nitrogen and oxygen atoms in total. The van der Waals surface area contributed by atoms with E-state index in [2.05, 4.69) is 24.0 Å². The van der Waals surface area contributed by atoms with Crippen molar-refractivity contribution in [3.05, 3.63) is 98.9 Å². The van der Waals surface area contributed by atoms with Crippen LogP contribution in [-0.2, 0) is 20.9 Å². The monoisotopic (exact) mass is 598 g/mol. The summed E-state index contributed by atoms with van der Waals surface area (Å²) in [5.74, 6) is 0.549. The van der Waals surface area contributed by atoms with Crippen LogP contribution in [0.25, 0.3) is 5.00 Å². The smallest absolute Gasteiger partial charge is 0.338 e. The van der Waals surface area contributed by atoms with Crippen molar-refractivity contribution in [3.8, 4) is 5.00 Å². The van der Waals surface area contributed by atoms with Crippen LogP contribution in [0.1, 0.15) is 87.3 Å². The first-order valence-corrected chi connectivity index (χ1v) is 15.4. The first-order valence-electron chi connectivity index (χ1n) is 14.6. The highest BCUT2D eigenvalue weighted by molar-refractivity contribution is 7.15. The molecule has 0 radical (unpaired) electrons. The number of carbonyl (C=O) groups excluding carboxylic acids is 2. The van der Waals surface area contributed by atoms with Crippen molar-refractivity contribution in [1.29, 1.82) is 0 Å². The molecule has 4 aromatic rings. The summed E-state index contributed by atoms with van der Waals surface area (Å²) in [6.07, 6.45) is 2.04. The lowest BCUT2D eigenvalue weighted by Crippen LogP contribution is -2.27. The molecule has 2 aromatic carbocycles. The van der Waals surface area contributed by atoms with E-state index in [-0.39, 0.29) is 31.2 Å². The molecule has 2 aliphatic rings. The Morgan fingerprint density at radius 2 is 1.70 bits per heavy atom. The molecule has 2 aromatic heterocycles. The van der Waals surface area contributed by atoms with Crippen molar-refractivity contribution in [2.75, 3.05) is 0 Å². The zero-order valence-electron chi connectivity index (χ0n) is 24.4. The number of hydrogen-bond donors (Lipinski definition) is 1. The molecule has 0 amide bonds. The second-order valence-electron chi connectivity index (χ2n) is 11.2. The van der Waals surface area contributed by atoms with Gasteiger partial charge in [0, 0.05) is 16.0 Å². The standard InChI is InChI=1S/C33H34N4O5S/c1-19-20(2)43-32-29(19)30(23-9-11-24(12-10-23)33(40)41-18-22-7-5-4-6-8-22)34-27(31-36-35-21(3)37(31)32)17-28(39)42-26-15-13-25(38)14-16-26/h4-12,25-27,38H,13-18H2,1-3H3/t25?,26?,27-/m0/s1. The Bertz CT molecular complexity index is 1670. The second-order valence-corrected chi connectivity index (χ2v) is 12.4. The van der Waals surface area contributed by atoms with Crippen molar-refractivity contribution in [1.82, 2.24) is 14.8 Å². The van der Waals surface area contributed by atoms with Gasteiger partial charge in [0.05, 0.1) is 23.8 Å². The van der Waals surface area contributed by atoms with Crippen LogP contribution < -0.4 is 0 Å². The van der Waals surface area contributed by atoms with Crippen LogP contribution in [0.3, 0.4) is 0 Å². The number of aliphatic hydroxyl groups is 1. The Morgan fingerprint density at radius 3 is 2.42 bits per heavy atom. The summed E-state index contributed by atoms with van der Waals surface area (Å²) in [5, 5.41) is 19.6. The molecule has 1 saturated carbocycles. The van der Waals surface area contributed by atoms with Crippen molar-refractivity contribution in [3.63, 3.8) is 0 Å². The Morgan fingerprint density at radius 1 is 0.977 bits per heavy atom. The van der Waals surface area contributed by atoms with Gasteiger partial charge in [-0.25, -0.2) is 4.79 Å². The summed E-state index contributed by atoms with van der Waals surface area (Å²) in [5.41, 5.74) is 4.96. The minimum absolute atomic E-state index is 0.0115. The number of aryl methyl sites for hydroxylation is 2. The highest BCUT2D eigenvalue weighted by atomic mass is 32.1. The Labute approximate surface area is 254 Å². The predicted octanol–water partition coefficient (Wildman–Crippen LogP) is 5.74. The number of aliphatic imine (C=N–C) groups is 1. The molecule has 0 bridgehead atoms. The van der Waals surface area contributed by atoms with Gasteiger partial charge >= 0.3 is 11.9 Å². The topological polar surface area (TPSA) is 116 Å². The number of aromatic nitrogens is 3. The second kappa shape index (κ2) is 12.2.